The van der Waals surface area contributed by atoms with E-state index in [2.05, 4.69) is 15.5 Å². The average molecular weight is 296 g/mol. The fourth-order valence-corrected chi connectivity index (χ4v) is 3.05. The van der Waals surface area contributed by atoms with Crippen molar-refractivity contribution in [1.29, 1.82) is 0 Å². The van der Waals surface area contributed by atoms with Crippen LogP contribution in [0.5, 0.6) is 0 Å². The van der Waals surface area contributed by atoms with Crippen LogP contribution >= 0.6 is 0 Å². The van der Waals surface area contributed by atoms with Crippen LogP contribution < -0.4 is 10.6 Å². The second kappa shape index (κ2) is 8.34. The zero-order chi connectivity index (χ0) is 15.1. The number of nitrogens with one attached hydrogen (secondary N) is 2. The Morgan fingerprint density at radius 1 is 1.19 bits per heavy atom. The fourth-order valence-electron chi connectivity index (χ4n) is 3.05. The number of amides is 2. The van der Waals surface area contributed by atoms with Gasteiger partial charge in [-0.3, -0.25) is 14.5 Å². The first-order valence-electron chi connectivity index (χ1n) is 8.20. The van der Waals surface area contributed by atoms with Crippen LogP contribution in [-0.4, -0.2) is 73.5 Å². The van der Waals surface area contributed by atoms with E-state index in [0.717, 1.165) is 52.1 Å². The van der Waals surface area contributed by atoms with E-state index in [4.69, 9.17) is 0 Å². The minimum Gasteiger partial charge on any atom is -0.356 e. The molecular formula is C15H28N4O2. The molecule has 2 saturated heterocycles. The van der Waals surface area contributed by atoms with E-state index >= 15 is 0 Å². The Kier molecular flexibility index (Phi) is 6.45. The van der Waals surface area contributed by atoms with Crippen LogP contribution in [0.4, 0.5) is 0 Å². The molecule has 2 heterocycles. The van der Waals surface area contributed by atoms with Gasteiger partial charge in [-0.25, -0.2) is 0 Å². The van der Waals surface area contributed by atoms with Crippen molar-refractivity contribution in [1.82, 2.24) is 20.4 Å². The maximum absolute atomic E-state index is 12.2. The Balaban J connectivity index is 1.68. The summed E-state index contributed by atoms with van der Waals surface area (Å²) in [6.07, 6.45) is 2.64. The quantitative estimate of drug-likeness (QED) is 0.712. The highest BCUT2D eigenvalue weighted by molar-refractivity contribution is 5.83. The van der Waals surface area contributed by atoms with Crippen molar-refractivity contribution < 1.29 is 9.59 Å². The molecule has 0 aliphatic carbocycles. The molecule has 2 aliphatic heterocycles. The molecule has 0 bridgehead atoms. The highest BCUT2D eigenvalue weighted by atomic mass is 16.2. The zero-order valence-electron chi connectivity index (χ0n) is 13.1. The lowest BCUT2D eigenvalue weighted by molar-refractivity contribution is -0.132. The molecule has 1 atom stereocenters. The maximum Gasteiger partial charge on any atom is 0.223 e. The molecule has 2 rings (SSSR count). The van der Waals surface area contributed by atoms with Crippen molar-refractivity contribution in [3.05, 3.63) is 0 Å². The lowest BCUT2D eigenvalue weighted by Gasteiger charge is -2.32. The van der Waals surface area contributed by atoms with E-state index in [1.165, 1.54) is 0 Å². The number of carbonyl (C=O) groups is 2. The summed E-state index contributed by atoms with van der Waals surface area (Å²) in [4.78, 5) is 28.1. The third-order valence-electron chi connectivity index (χ3n) is 4.32. The van der Waals surface area contributed by atoms with Gasteiger partial charge in [-0.1, -0.05) is 6.92 Å². The third kappa shape index (κ3) is 4.97. The number of hydrogen-bond acceptors (Lipinski definition) is 4. The van der Waals surface area contributed by atoms with Gasteiger partial charge in [-0.05, 0) is 12.8 Å². The Bertz CT molecular complexity index is 356. The topological polar surface area (TPSA) is 64.7 Å². The predicted octanol–water partition coefficient (Wildman–Crippen LogP) is -0.201. The van der Waals surface area contributed by atoms with E-state index in [1.807, 2.05) is 11.8 Å². The molecule has 0 aromatic rings. The van der Waals surface area contributed by atoms with Gasteiger partial charge in [0.1, 0.15) is 0 Å². The first-order chi connectivity index (χ1) is 10.2. The summed E-state index contributed by atoms with van der Waals surface area (Å²) < 4.78 is 0. The van der Waals surface area contributed by atoms with Gasteiger partial charge >= 0.3 is 0 Å². The first kappa shape index (κ1) is 16.2. The molecule has 0 saturated carbocycles. The molecule has 2 amide bonds. The molecule has 0 spiro atoms. The molecule has 6 heteroatoms. The normalized spacial score (nSPS) is 23.3. The van der Waals surface area contributed by atoms with E-state index in [0.29, 0.717) is 25.4 Å². The Hall–Kier alpha value is -1.14. The SMILES string of the molecule is CCCNC(=O)CCC(=O)N1CCC(N2CCNCC2)C1. The third-order valence-corrected chi connectivity index (χ3v) is 4.32. The Labute approximate surface area is 127 Å². The highest BCUT2D eigenvalue weighted by Gasteiger charge is 2.30. The first-order valence-corrected chi connectivity index (χ1v) is 8.20. The molecule has 2 aliphatic rings. The predicted molar refractivity (Wildman–Crippen MR) is 82.0 cm³/mol. The number of likely N-dealkylation sites (tertiary alicyclic amines) is 1. The number of nitrogens with zero attached hydrogens (tertiary/aromatic N) is 2. The molecule has 120 valence electrons. The maximum atomic E-state index is 12.2. The fraction of sp³-hybridized carbons (Fsp3) is 0.867. The lowest BCUT2D eigenvalue weighted by Crippen LogP contribution is -2.49. The Morgan fingerprint density at radius 3 is 2.67 bits per heavy atom. The van der Waals surface area contributed by atoms with Gasteiger partial charge in [0.15, 0.2) is 0 Å². The summed E-state index contributed by atoms with van der Waals surface area (Å²) in [6, 6.07) is 0.505. The van der Waals surface area contributed by atoms with Gasteiger partial charge in [0.2, 0.25) is 11.8 Å². The van der Waals surface area contributed by atoms with E-state index < -0.39 is 0 Å². The van der Waals surface area contributed by atoms with Gasteiger partial charge in [-0.2, -0.15) is 0 Å². The molecule has 21 heavy (non-hydrogen) atoms. The van der Waals surface area contributed by atoms with Crippen LogP contribution in [0.25, 0.3) is 0 Å². The Morgan fingerprint density at radius 2 is 1.95 bits per heavy atom. The van der Waals surface area contributed by atoms with Crippen molar-refractivity contribution in [3.8, 4) is 0 Å². The van der Waals surface area contributed by atoms with Crippen LogP contribution in [0.15, 0.2) is 0 Å². The molecule has 0 aromatic heterocycles. The summed E-state index contributed by atoms with van der Waals surface area (Å²) in [5, 5.41) is 6.17. The largest absolute Gasteiger partial charge is 0.356 e. The second-order valence-corrected chi connectivity index (χ2v) is 5.92. The van der Waals surface area contributed by atoms with Crippen LogP contribution in [0, 0.1) is 0 Å². The van der Waals surface area contributed by atoms with E-state index in [1.54, 1.807) is 0 Å². The van der Waals surface area contributed by atoms with E-state index in [9.17, 15) is 9.59 Å². The average Bonchev–Trinajstić information content (AvgIpc) is 3.01. The van der Waals surface area contributed by atoms with Gasteiger partial charge in [0, 0.05) is 64.7 Å². The number of hydrogen-bond donors (Lipinski definition) is 2. The van der Waals surface area contributed by atoms with Crippen LogP contribution in [0.1, 0.15) is 32.6 Å². The van der Waals surface area contributed by atoms with Gasteiger partial charge in [-0.15, -0.1) is 0 Å². The summed E-state index contributed by atoms with van der Waals surface area (Å²) in [5.41, 5.74) is 0. The van der Waals surface area contributed by atoms with Crippen LogP contribution in [0.3, 0.4) is 0 Å². The van der Waals surface area contributed by atoms with Gasteiger partial charge < -0.3 is 15.5 Å². The summed E-state index contributed by atoms with van der Waals surface area (Å²) in [5.74, 6) is 0.113. The van der Waals surface area contributed by atoms with Crippen molar-refractivity contribution in [2.45, 2.75) is 38.6 Å². The van der Waals surface area contributed by atoms with Gasteiger partial charge in [0.25, 0.3) is 0 Å². The highest BCUT2D eigenvalue weighted by Crippen LogP contribution is 2.17. The molecule has 0 radical (unpaired) electrons. The number of carbonyl (C=O) groups excluding carboxylic acids is 2. The van der Waals surface area contributed by atoms with Crippen LogP contribution in [-0.2, 0) is 9.59 Å². The molecule has 1 unspecified atom stereocenters. The van der Waals surface area contributed by atoms with E-state index in [-0.39, 0.29) is 11.8 Å². The molecule has 2 N–H and O–H groups in total. The molecule has 0 aromatic carbocycles. The lowest BCUT2D eigenvalue weighted by atomic mass is 10.2. The number of piperazine rings is 1. The monoisotopic (exact) mass is 296 g/mol. The van der Waals surface area contributed by atoms with Crippen molar-refractivity contribution in [3.63, 3.8) is 0 Å². The molecular weight excluding hydrogens is 268 g/mol. The van der Waals surface area contributed by atoms with Gasteiger partial charge in [0.05, 0.1) is 0 Å². The summed E-state index contributed by atoms with van der Waals surface area (Å²) in [6.45, 7) is 8.62. The summed E-state index contributed by atoms with van der Waals surface area (Å²) in [7, 11) is 0. The number of rotatable bonds is 6. The minimum absolute atomic E-state index is 0.0111. The summed E-state index contributed by atoms with van der Waals surface area (Å²) >= 11 is 0. The van der Waals surface area contributed by atoms with Crippen molar-refractivity contribution >= 4 is 11.8 Å². The standard InChI is InChI=1S/C15H28N4O2/c1-2-6-17-14(20)3-4-15(21)19-9-5-13(12-19)18-10-7-16-8-11-18/h13,16H,2-12H2,1H3,(H,17,20). The second-order valence-electron chi connectivity index (χ2n) is 5.92. The molecule has 2 fully saturated rings. The zero-order valence-corrected chi connectivity index (χ0v) is 13.1. The van der Waals surface area contributed by atoms with Crippen LogP contribution in [0.2, 0.25) is 0 Å². The molecule has 6 nitrogen and oxygen atoms in total. The smallest absolute Gasteiger partial charge is 0.223 e. The van der Waals surface area contributed by atoms with Crippen molar-refractivity contribution in [2.75, 3.05) is 45.8 Å². The van der Waals surface area contributed by atoms with Crippen molar-refractivity contribution in [2.24, 2.45) is 0 Å². The minimum atomic E-state index is -0.0111.